The van der Waals surface area contributed by atoms with Gasteiger partial charge in [-0.05, 0) is 29.8 Å². The number of benzene rings is 2. The van der Waals surface area contributed by atoms with E-state index in [2.05, 4.69) is 10.5 Å². The molecule has 2 aromatic carbocycles. The third-order valence-corrected chi connectivity index (χ3v) is 3.92. The molecule has 0 bridgehead atoms. The minimum Gasteiger partial charge on any atom is -0.485 e. The standard InChI is InChI=1S/C17H13ClN2O5/c18-11-5-10(6-14-16(11)24-9-23-14)7-19-20-17(21)15-8-22-12-3-1-2-4-13(12)25-15/h1-7,15H,8-9H2,(H,20,21)/b19-7-/t15-/m1/s1. The molecule has 0 unspecified atom stereocenters. The van der Waals surface area contributed by atoms with Crippen molar-refractivity contribution in [1.82, 2.24) is 5.43 Å². The van der Waals surface area contributed by atoms with Gasteiger partial charge in [0.1, 0.15) is 6.61 Å². The minimum absolute atomic E-state index is 0.119. The number of nitrogens with one attached hydrogen (secondary N) is 1. The van der Waals surface area contributed by atoms with E-state index >= 15 is 0 Å². The maximum absolute atomic E-state index is 12.2. The van der Waals surface area contributed by atoms with Crippen LogP contribution < -0.4 is 24.4 Å². The summed E-state index contributed by atoms with van der Waals surface area (Å²) in [4.78, 5) is 12.2. The number of halogens is 1. The van der Waals surface area contributed by atoms with E-state index in [1.54, 1.807) is 24.3 Å². The summed E-state index contributed by atoms with van der Waals surface area (Å²) in [5, 5.41) is 4.34. The number of rotatable bonds is 3. The Bertz CT molecular complexity index is 855. The fraction of sp³-hybridized carbons (Fsp3) is 0.176. The number of nitrogens with zero attached hydrogens (tertiary/aromatic N) is 1. The van der Waals surface area contributed by atoms with Gasteiger partial charge in [-0.15, -0.1) is 0 Å². The van der Waals surface area contributed by atoms with E-state index < -0.39 is 12.0 Å². The van der Waals surface area contributed by atoms with Crippen LogP contribution in [0.15, 0.2) is 41.5 Å². The van der Waals surface area contributed by atoms with Crippen molar-refractivity contribution in [2.24, 2.45) is 5.10 Å². The van der Waals surface area contributed by atoms with Gasteiger partial charge >= 0.3 is 0 Å². The molecule has 2 heterocycles. The Morgan fingerprint density at radius 3 is 2.88 bits per heavy atom. The summed E-state index contributed by atoms with van der Waals surface area (Å²) in [6, 6.07) is 10.6. The third-order valence-electron chi connectivity index (χ3n) is 3.64. The topological polar surface area (TPSA) is 78.4 Å². The Morgan fingerprint density at radius 1 is 1.16 bits per heavy atom. The molecule has 8 heteroatoms. The quantitative estimate of drug-likeness (QED) is 0.671. The third kappa shape index (κ3) is 3.18. The molecular formula is C17H13ClN2O5. The molecule has 0 saturated carbocycles. The van der Waals surface area contributed by atoms with Gasteiger partial charge in [0, 0.05) is 0 Å². The van der Waals surface area contributed by atoms with Crippen LogP contribution in [0, 0.1) is 0 Å². The number of hydrazone groups is 1. The lowest BCUT2D eigenvalue weighted by Gasteiger charge is -2.24. The Morgan fingerprint density at radius 2 is 2.00 bits per heavy atom. The maximum Gasteiger partial charge on any atom is 0.284 e. The first-order chi connectivity index (χ1) is 12.2. The van der Waals surface area contributed by atoms with Gasteiger partial charge in [-0.25, -0.2) is 5.43 Å². The molecule has 2 aromatic rings. The van der Waals surface area contributed by atoms with Crippen LogP contribution in [-0.4, -0.2) is 31.6 Å². The van der Waals surface area contributed by atoms with Crippen LogP contribution in [0.5, 0.6) is 23.0 Å². The fourth-order valence-electron chi connectivity index (χ4n) is 2.45. The second-order valence-electron chi connectivity index (χ2n) is 5.33. The molecule has 0 saturated heterocycles. The van der Waals surface area contributed by atoms with Crippen LogP contribution >= 0.6 is 11.6 Å². The van der Waals surface area contributed by atoms with Crippen molar-refractivity contribution >= 4 is 23.7 Å². The molecule has 7 nitrogen and oxygen atoms in total. The van der Waals surface area contributed by atoms with Gasteiger partial charge in [-0.1, -0.05) is 23.7 Å². The van der Waals surface area contributed by atoms with Gasteiger partial charge in [-0.2, -0.15) is 5.10 Å². The highest BCUT2D eigenvalue weighted by Gasteiger charge is 2.27. The summed E-state index contributed by atoms with van der Waals surface area (Å²) < 4.78 is 21.6. The number of hydrogen-bond acceptors (Lipinski definition) is 6. The average molecular weight is 361 g/mol. The van der Waals surface area contributed by atoms with Crippen molar-refractivity contribution in [2.75, 3.05) is 13.4 Å². The molecule has 0 fully saturated rings. The molecule has 2 aliphatic rings. The largest absolute Gasteiger partial charge is 0.485 e. The molecule has 0 radical (unpaired) electrons. The Labute approximate surface area is 148 Å². The predicted octanol–water partition coefficient (Wildman–Crippen LogP) is 2.36. The zero-order chi connectivity index (χ0) is 17.2. The molecule has 128 valence electrons. The summed E-state index contributed by atoms with van der Waals surface area (Å²) in [6.07, 6.45) is 0.691. The van der Waals surface area contributed by atoms with E-state index in [9.17, 15) is 4.79 Å². The first kappa shape index (κ1) is 15.6. The lowest BCUT2D eigenvalue weighted by atomic mass is 10.2. The molecular weight excluding hydrogens is 348 g/mol. The SMILES string of the molecule is O=C(N/N=C\c1cc(Cl)c2c(c1)OCO2)[C@H]1COc2ccccc2O1. The second-order valence-corrected chi connectivity index (χ2v) is 5.74. The van der Waals surface area contributed by atoms with E-state index in [1.807, 2.05) is 12.1 Å². The molecule has 1 atom stereocenters. The summed E-state index contributed by atoms with van der Waals surface area (Å²) >= 11 is 6.10. The van der Waals surface area contributed by atoms with E-state index in [1.165, 1.54) is 6.21 Å². The first-order valence-electron chi connectivity index (χ1n) is 7.51. The molecule has 25 heavy (non-hydrogen) atoms. The minimum atomic E-state index is -0.771. The molecule has 0 aliphatic carbocycles. The van der Waals surface area contributed by atoms with E-state index in [-0.39, 0.29) is 13.4 Å². The van der Waals surface area contributed by atoms with Crippen LogP contribution in [0.4, 0.5) is 0 Å². The highest BCUT2D eigenvalue weighted by atomic mass is 35.5. The van der Waals surface area contributed by atoms with E-state index in [4.69, 9.17) is 30.5 Å². The molecule has 1 N–H and O–H groups in total. The highest BCUT2D eigenvalue weighted by Crippen LogP contribution is 2.39. The van der Waals surface area contributed by atoms with Crippen molar-refractivity contribution in [1.29, 1.82) is 0 Å². The summed E-state index contributed by atoms with van der Waals surface area (Å²) in [7, 11) is 0. The van der Waals surface area contributed by atoms with Crippen molar-refractivity contribution < 1.29 is 23.7 Å². The van der Waals surface area contributed by atoms with Crippen molar-refractivity contribution in [2.45, 2.75) is 6.10 Å². The number of amides is 1. The zero-order valence-corrected chi connectivity index (χ0v) is 13.7. The van der Waals surface area contributed by atoms with Crippen molar-refractivity contribution in [3.05, 3.63) is 47.0 Å². The molecule has 2 aliphatic heterocycles. The second kappa shape index (κ2) is 6.52. The van der Waals surface area contributed by atoms with Gasteiger partial charge in [0.05, 0.1) is 11.2 Å². The predicted molar refractivity (Wildman–Crippen MR) is 89.7 cm³/mol. The van der Waals surface area contributed by atoms with Crippen LogP contribution in [-0.2, 0) is 4.79 Å². The van der Waals surface area contributed by atoms with Crippen molar-refractivity contribution in [3.8, 4) is 23.0 Å². The monoisotopic (exact) mass is 360 g/mol. The zero-order valence-electron chi connectivity index (χ0n) is 12.9. The molecule has 0 aromatic heterocycles. The molecule has 1 amide bonds. The summed E-state index contributed by atoms with van der Waals surface area (Å²) in [6.45, 7) is 0.251. The van der Waals surface area contributed by atoms with Gasteiger partial charge in [0.25, 0.3) is 5.91 Å². The Hall–Kier alpha value is -2.93. The number of carbonyl (C=O) groups is 1. The fourth-order valence-corrected chi connectivity index (χ4v) is 2.73. The first-order valence-corrected chi connectivity index (χ1v) is 7.89. The van der Waals surface area contributed by atoms with Crippen molar-refractivity contribution in [3.63, 3.8) is 0 Å². The van der Waals surface area contributed by atoms with Crippen LogP contribution in [0.1, 0.15) is 5.56 Å². The lowest BCUT2D eigenvalue weighted by molar-refractivity contribution is -0.130. The number of hydrogen-bond donors (Lipinski definition) is 1. The van der Waals surface area contributed by atoms with E-state index in [0.717, 1.165) is 0 Å². The Kier molecular flexibility index (Phi) is 4.07. The smallest absolute Gasteiger partial charge is 0.284 e. The highest BCUT2D eigenvalue weighted by molar-refractivity contribution is 6.32. The van der Waals surface area contributed by atoms with Gasteiger partial charge in [0.2, 0.25) is 12.9 Å². The van der Waals surface area contributed by atoms with Gasteiger partial charge < -0.3 is 18.9 Å². The van der Waals surface area contributed by atoms with Crippen LogP contribution in [0.3, 0.4) is 0 Å². The number of para-hydroxylation sites is 2. The number of fused-ring (bicyclic) bond motifs is 2. The lowest BCUT2D eigenvalue weighted by Crippen LogP contribution is -2.42. The molecule has 4 rings (SSSR count). The van der Waals surface area contributed by atoms with Crippen LogP contribution in [0.25, 0.3) is 0 Å². The summed E-state index contributed by atoms with van der Waals surface area (Å²) in [5.74, 6) is 1.79. The van der Waals surface area contributed by atoms with Gasteiger partial charge in [0.15, 0.2) is 23.0 Å². The van der Waals surface area contributed by atoms with E-state index in [0.29, 0.717) is 33.6 Å². The Balaban J connectivity index is 1.39. The molecule has 0 spiro atoms. The normalized spacial score (nSPS) is 17.6. The summed E-state index contributed by atoms with van der Waals surface area (Å²) in [5.41, 5.74) is 3.10. The number of carbonyl (C=O) groups excluding carboxylic acids is 1. The maximum atomic E-state index is 12.2. The average Bonchev–Trinajstić information content (AvgIpc) is 3.10. The number of ether oxygens (including phenoxy) is 4. The van der Waals surface area contributed by atoms with Crippen LogP contribution in [0.2, 0.25) is 5.02 Å². The van der Waals surface area contributed by atoms with Gasteiger partial charge in [-0.3, -0.25) is 4.79 Å².